The molecular formula is C10H13N5. The summed E-state index contributed by atoms with van der Waals surface area (Å²) in [6.45, 7) is 0. The van der Waals surface area contributed by atoms with Crippen LogP contribution in [-0.2, 0) is 0 Å². The van der Waals surface area contributed by atoms with Crippen LogP contribution in [0.25, 0.3) is 5.78 Å². The van der Waals surface area contributed by atoms with E-state index >= 15 is 0 Å². The monoisotopic (exact) mass is 203 g/mol. The first-order valence-corrected chi connectivity index (χ1v) is 5.27. The molecule has 78 valence electrons. The molecule has 1 saturated carbocycles. The van der Waals surface area contributed by atoms with Gasteiger partial charge in [0.05, 0.1) is 0 Å². The van der Waals surface area contributed by atoms with Gasteiger partial charge in [-0.15, -0.1) is 10.2 Å². The summed E-state index contributed by atoms with van der Waals surface area (Å²) in [5.74, 6) is 1.96. The van der Waals surface area contributed by atoms with Crippen molar-refractivity contribution in [1.29, 1.82) is 0 Å². The predicted octanol–water partition coefficient (Wildman–Crippen LogP) is 0.719. The van der Waals surface area contributed by atoms with Gasteiger partial charge in [-0.25, -0.2) is 4.98 Å². The maximum Gasteiger partial charge on any atom is 0.254 e. The van der Waals surface area contributed by atoms with Crippen LogP contribution in [0.4, 0.5) is 0 Å². The Balaban J connectivity index is 2.10. The zero-order chi connectivity index (χ0) is 10.3. The number of nitrogens with two attached hydrogens (primary N) is 1. The Bertz CT molecular complexity index is 477. The zero-order valence-electron chi connectivity index (χ0n) is 8.37. The lowest BCUT2D eigenvalue weighted by molar-refractivity contribution is 0.575. The summed E-state index contributed by atoms with van der Waals surface area (Å²) < 4.78 is 1.94. The van der Waals surface area contributed by atoms with Gasteiger partial charge in [-0.05, 0) is 18.9 Å². The Morgan fingerprint density at radius 2 is 2.27 bits per heavy atom. The van der Waals surface area contributed by atoms with E-state index in [4.69, 9.17) is 5.73 Å². The van der Waals surface area contributed by atoms with Crippen molar-refractivity contribution in [2.75, 3.05) is 0 Å². The maximum absolute atomic E-state index is 6.06. The largest absolute Gasteiger partial charge is 0.327 e. The molecule has 0 radical (unpaired) electrons. The lowest BCUT2D eigenvalue weighted by Crippen LogP contribution is -2.24. The van der Waals surface area contributed by atoms with Crippen LogP contribution in [0.1, 0.15) is 31.0 Å². The van der Waals surface area contributed by atoms with Crippen molar-refractivity contribution in [2.45, 2.75) is 31.2 Å². The molecule has 0 aliphatic heterocycles. The summed E-state index contributed by atoms with van der Waals surface area (Å²) in [5, 5.41) is 8.24. The van der Waals surface area contributed by atoms with Crippen molar-refractivity contribution in [3.63, 3.8) is 0 Å². The van der Waals surface area contributed by atoms with Crippen LogP contribution < -0.4 is 5.73 Å². The van der Waals surface area contributed by atoms with Gasteiger partial charge < -0.3 is 5.73 Å². The lowest BCUT2D eigenvalue weighted by atomic mass is 10.0. The van der Waals surface area contributed by atoms with E-state index in [0.717, 1.165) is 18.7 Å². The van der Waals surface area contributed by atoms with E-state index in [9.17, 15) is 0 Å². The number of hydrogen-bond donors (Lipinski definition) is 1. The fourth-order valence-electron chi connectivity index (χ4n) is 2.32. The first kappa shape index (κ1) is 8.79. The molecule has 2 aromatic heterocycles. The van der Waals surface area contributed by atoms with Crippen LogP contribution in [0.5, 0.6) is 0 Å². The minimum Gasteiger partial charge on any atom is -0.327 e. The highest BCUT2D eigenvalue weighted by molar-refractivity contribution is 5.28. The quantitative estimate of drug-likeness (QED) is 0.741. The minimum absolute atomic E-state index is 0.220. The smallest absolute Gasteiger partial charge is 0.254 e. The number of rotatable bonds is 1. The molecular weight excluding hydrogens is 190 g/mol. The molecule has 3 rings (SSSR count). The number of fused-ring (bicyclic) bond motifs is 1. The van der Waals surface area contributed by atoms with Gasteiger partial charge in [0, 0.05) is 24.4 Å². The van der Waals surface area contributed by atoms with Gasteiger partial charge in [0.1, 0.15) is 5.82 Å². The van der Waals surface area contributed by atoms with Crippen LogP contribution in [-0.4, -0.2) is 25.6 Å². The van der Waals surface area contributed by atoms with Crippen LogP contribution in [0.2, 0.25) is 0 Å². The molecule has 2 aromatic rings. The lowest BCUT2D eigenvalue weighted by Gasteiger charge is -2.12. The normalized spacial score (nSPS) is 26.2. The van der Waals surface area contributed by atoms with Gasteiger partial charge >= 0.3 is 0 Å². The van der Waals surface area contributed by atoms with E-state index < -0.39 is 0 Å². The Kier molecular flexibility index (Phi) is 1.92. The molecule has 5 heteroatoms. The molecule has 5 nitrogen and oxygen atoms in total. The van der Waals surface area contributed by atoms with Crippen LogP contribution in [0, 0.1) is 0 Å². The summed E-state index contributed by atoms with van der Waals surface area (Å²) in [5.41, 5.74) is 6.06. The predicted molar refractivity (Wildman–Crippen MR) is 55.3 cm³/mol. The van der Waals surface area contributed by atoms with Crippen molar-refractivity contribution in [3.05, 3.63) is 24.3 Å². The van der Waals surface area contributed by atoms with Gasteiger partial charge in [0.15, 0.2) is 0 Å². The highest BCUT2D eigenvalue weighted by atomic mass is 15.3. The molecule has 2 heterocycles. The summed E-state index contributed by atoms with van der Waals surface area (Å²) >= 11 is 0. The van der Waals surface area contributed by atoms with Gasteiger partial charge in [0.25, 0.3) is 5.78 Å². The topological polar surface area (TPSA) is 69.1 Å². The summed E-state index contributed by atoms with van der Waals surface area (Å²) in [4.78, 5) is 4.15. The number of nitrogens with zero attached hydrogens (tertiary/aromatic N) is 4. The Hall–Kier alpha value is -1.49. The van der Waals surface area contributed by atoms with E-state index in [2.05, 4.69) is 15.2 Å². The van der Waals surface area contributed by atoms with E-state index in [0.29, 0.717) is 11.7 Å². The zero-order valence-corrected chi connectivity index (χ0v) is 8.37. The Morgan fingerprint density at radius 1 is 1.33 bits per heavy atom. The molecule has 0 amide bonds. The molecule has 15 heavy (non-hydrogen) atoms. The fraction of sp³-hybridized carbons (Fsp3) is 0.500. The van der Waals surface area contributed by atoms with Crippen molar-refractivity contribution in [1.82, 2.24) is 19.6 Å². The number of hydrogen-bond acceptors (Lipinski definition) is 4. The average Bonchev–Trinajstić information content (AvgIpc) is 2.83. The maximum atomic E-state index is 6.06. The van der Waals surface area contributed by atoms with Crippen molar-refractivity contribution in [3.8, 4) is 0 Å². The van der Waals surface area contributed by atoms with Gasteiger partial charge in [-0.1, -0.05) is 6.42 Å². The second kappa shape index (κ2) is 3.27. The standard InChI is InChI=1S/C10H13N5/c11-8-4-1-3-7(8)9-13-14-10-12-5-2-6-15(9)10/h2,5-8H,1,3-4,11H2. The molecule has 1 aliphatic carbocycles. The van der Waals surface area contributed by atoms with Crippen LogP contribution in [0.15, 0.2) is 18.5 Å². The highest BCUT2D eigenvalue weighted by Gasteiger charge is 2.29. The molecule has 1 aliphatic rings. The summed E-state index contributed by atoms with van der Waals surface area (Å²) in [6.07, 6.45) is 7.04. The number of aromatic nitrogens is 4. The molecule has 1 fully saturated rings. The summed E-state index contributed by atoms with van der Waals surface area (Å²) in [7, 11) is 0. The molecule has 0 aromatic carbocycles. The van der Waals surface area contributed by atoms with Crippen molar-refractivity contribution < 1.29 is 0 Å². The van der Waals surface area contributed by atoms with E-state index in [-0.39, 0.29) is 6.04 Å². The Morgan fingerprint density at radius 3 is 3.07 bits per heavy atom. The highest BCUT2D eigenvalue weighted by Crippen LogP contribution is 2.31. The van der Waals surface area contributed by atoms with Gasteiger partial charge in [-0.3, -0.25) is 4.40 Å². The SMILES string of the molecule is NC1CCCC1c1nnc2ncccn12. The minimum atomic E-state index is 0.220. The molecule has 0 bridgehead atoms. The van der Waals surface area contributed by atoms with E-state index in [1.165, 1.54) is 6.42 Å². The summed E-state index contributed by atoms with van der Waals surface area (Å²) in [6, 6.07) is 2.11. The third-order valence-electron chi connectivity index (χ3n) is 3.12. The molecule has 0 saturated heterocycles. The van der Waals surface area contributed by atoms with E-state index in [1.54, 1.807) is 6.20 Å². The average molecular weight is 203 g/mol. The third-order valence-corrected chi connectivity index (χ3v) is 3.12. The second-order valence-corrected chi connectivity index (χ2v) is 4.05. The van der Waals surface area contributed by atoms with Crippen molar-refractivity contribution >= 4 is 5.78 Å². The molecule has 2 N–H and O–H groups in total. The van der Waals surface area contributed by atoms with Crippen molar-refractivity contribution in [2.24, 2.45) is 5.73 Å². The molecule has 0 spiro atoms. The first-order chi connectivity index (χ1) is 7.36. The second-order valence-electron chi connectivity index (χ2n) is 4.05. The fourth-order valence-corrected chi connectivity index (χ4v) is 2.32. The van der Waals surface area contributed by atoms with Crippen LogP contribution in [0.3, 0.4) is 0 Å². The molecule has 2 atom stereocenters. The Labute approximate surface area is 87.3 Å². The third kappa shape index (κ3) is 1.31. The molecule has 2 unspecified atom stereocenters. The van der Waals surface area contributed by atoms with Gasteiger partial charge in [0.2, 0.25) is 0 Å². The first-order valence-electron chi connectivity index (χ1n) is 5.27. The van der Waals surface area contributed by atoms with Crippen LogP contribution >= 0.6 is 0 Å². The van der Waals surface area contributed by atoms with Gasteiger partial charge in [-0.2, -0.15) is 0 Å². The van der Waals surface area contributed by atoms with E-state index in [1.807, 2.05) is 16.7 Å².